The Morgan fingerprint density at radius 2 is 1.67 bits per heavy atom. The van der Waals surface area contributed by atoms with Crippen LogP contribution in [0.3, 0.4) is 0 Å². The van der Waals surface area contributed by atoms with Gasteiger partial charge in [-0.25, -0.2) is 0 Å². The van der Waals surface area contributed by atoms with Crippen LogP contribution in [0.5, 0.6) is 0 Å². The van der Waals surface area contributed by atoms with Crippen LogP contribution in [0.15, 0.2) is 53.3 Å². The molecule has 176 valence electrons. The number of benzene rings is 1. The fraction of sp³-hybridized carbons (Fsp3) is 0.633. The number of carbonyl (C=O) groups excluding carboxylic acids is 1. The molecule has 4 aliphatic carbocycles. The van der Waals surface area contributed by atoms with Crippen molar-refractivity contribution in [3.05, 3.63) is 58.9 Å². The number of ether oxygens (including phenoxy) is 1. The number of rotatable bonds is 1. The zero-order valence-corrected chi connectivity index (χ0v) is 20.6. The second-order valence-electron chi connectivity index (χ2n) is 12.6. The van der Waals surface area contributed by atoms with E-state index >= 15 is 0 Å². The van der Waals surface area contributed by atoms with Gasteiger partial charge in [0.25, 0.3) is 0 Å². The molecule has 2 saturated carbocycles. The summed E-state index contributed by atoms with van der Waals surface area (Å²) in [5, 5.41) is 10.3. The van der Waals surface area contributed by atoms with E-state index in [0.717, 1.165) is 44.3 Å². The van der Waals surface area contributed by atoms with Gasteiger partial charge in [-0.05, 0) is 93.1 Å². The van der Waals surface area contributed by atoms with Crippen LogP contribution >= 0.6 is 0 Å². The van der Waals surface area contributed by atoms with Gasteiger partial charge >= 0.3 is 5.97 Å². The molecule has 3 heteroatoms. The highest BCUT2D eigenvalue weighted by atomic mass is 16.5. The topological polar surface area (TPSA) is 46.5 Å². The average Bonchev–Trinajstić information content (AvgIpc) is 3.07. The Morgan fingerprint density at radius 1 is 0.939 bits per heavy atom. The normalized spacial score (nSPS) is 43.6. The van der Waals surface area contributed by atoms with Gasteiger partial charge in [0, 0.05) is 11.3 Å². The van der Waals surface area contributed by atoms with Crippen LogP contribution < -0.4 is 0 Å². The van der Waals surface area contributed by atoms with E-state index in [4.69, 9.17) is 4.74 Å². The molecule has 0 amide bonds. The molecule has 0 unspecified atom stereocenters. The van der Waals surface area contributed by atoms with Gasteiger partial charge in [-0.1, -0.05) is 55.8 Å². The number of allylic oxidation sites excluding steroid dienone is 3. The minimum Gasteiger partial charge on any atom is -0.430 e. The minimum atomic E-state index is -0.561. The standard InChI is InChI=1S/C30H38O3/c1-28(2)25(18-8-6-5-7-9-18)22-17-24-21-11-10-19-16-20(31)12-14-29(19,3)23(21)13-15-30(24,4)26(22)33-27(28)32/h5-10,20-21,23-25,31H,11-17H2,1-4H3/t20-,21+,23-,24+,25+,29-,30-/m0/s1. The molecule has 0 radical (unpaired) electrons. The molecule has 5 aliphatic rings. The fourth-order valence-electron chi connectivity index (χ4n) is 8.79. The molecule has 33 heavy (non-hydrogen) atoms. The maximum atomic E-state index is 13.3. The summed E-state index contributed by atoms with van der Waals surface area (Å²) < 4.78 is 6.27. The van der Waals surface area contributed by atoms with Crippen molar-refractivity contribution in [3.63, 3.8) is 0 Å². The molecular formula is C30H38O3. The van der Waals surface area contributed by atoms with Crippen LogP contribution in [0.1, 0.15) is 84.1 Å². The highest BCUT2D eigenvalue weighted by molar-refractivity contribution is 5.81. The first kappa shape index (κ1) is 21.6. The zero-order chi connectivity index (χ0) is 23.2. The van der Waals surface area contributed by atoms with Gasteiger partial charge in [-0.2, -0.15) is 0 Å². The number of fused-ring (bicyclic) bond motifs is 6. The molecule has 0 bridgehead atoms. The molecule has 7 atom stereocenters. The monoisotopic (exact) mass is 446 g/mol. The summed E-state index contributed by atoms with van der Waals surface area (Å²) in [5.74, 6) is 2.85. The highest BCUT2D eigenvalue weighted by Crippen LogP contribution is 2.69. The molecule has 1 aromatic rings. The first-order valence-electron chi connectivity index (χ1n) is 13.0. The van der Waals surface area contributed by atoms with Crippen molar-refractivity contribution in [1.29, 1.82) is 0 Å². The fourth-order valence-corrected chi connectivity index (χ4v) is 8.79. The molecule has 1 aliphatic heterocycles. The summed E-state index contributed by atoms with van der Waals surface area (Å²) in [6.45, 7) is 8.99. The molecule has 0 aromatic heterocycles. The third-order valence-corrected chi connectivity index (χ3v) is 10.6. The van der Waals surface area contributed by atoms with E-state index < -0.39 is 5.41 Å². The lowest BCUT2D eigenvalue weighted by Gasteiger charge is -2.57. The van der Waals surface area contributed by atoms with Crippen LogP contribution in [0.2, 0.25) is 0 Å². The predicted molar refractivity (Wildman–Crippen MR) is 129 cm³/mol. The van der Waals surface area contributed by atoms with Crippen LogP contribution in [0.4, 0.5) is 0 Å². The maximum absolute atomic E-state index is 13.3. The second-order valence-corrected chi connectivity index (χ2v) is 12.6. The summed E-state index contributed by atoms with van der Waals surface area (Å²) in [4.78, 5) is 13.3. The number of aliphatic hydroxyl groups is 1. The lowest BCUT2D eigenvalue weighted by atomic mass is 9.48. The number of hydrogen-bond donors (Lipinski definition) is 1. The number of hydrogen-bond acceptors (Lipinski definition) is 3. The van der Waals surface area contributed by atoms with E-state index in [2.05, 4.69) is 64.1 Å². The van der Waals surface area contributed by atoms with E-state index in [0.29, 0.717) is 17.8 Å². The van der Waals surface area contributed by atoms with Crippen LogP contribution in [0, 0.1) is 34.0 Å². The van der Waals surface area contributed by atoms with Gasteiger partial charge in [0.1, 0.15) is 5.76 Å². The van der Waals surface area contributed by atoms with Crippen molar-refractivity contribution < 1.29 is 14.6 Å². The van der Waals surface area contributed by atoms with Gasteiger partial charge < -0.3 is 9.84 Å². The first-order valence-corrected chi connectivity index (χ1v) is 13.0. The van der Waals surface area contributed by atoms with E-state index in [1.807, 2.05) is 0 Å². The Morgan fingerprint density at radius 3 is 2.42 bits per heavy atom. The number of aliphatic hydroxyl groups excluding tert-OH is 1. The van der Waals surface area contributed by atoms with E-state index in [9.17, 15) is 9.90 Å². The van der Waals surface area contributed by atoms with Crippen LogP contribution in [-0.4, -0.2) is 17.2 Å². The Balaban J connectivity index is 1.41. The summed E-state index contributed by atoms with van der Waals surface area (Å²) in [6.07, 6.45) is 9.65. The van der Waals surface area contributed by atoms with Gasteiger partial charge in [0.05, 0.1) is 11.5 Å². The summed E-state index contributed by atoms with van der Waals surface area (Å²) >= 11 is 0. The molecule has 1 N–H and O–H groups in total. The van der Waals surface area contributed by atoms with Crippen molar-refractivity contribution in [2.75, 3.05) is 0 Å². The van der Waals surface area contributed by atoms with Crippen molar-refractivity contribution in [3.8, 4) is 0 Å². The molecule has 1 aromatic carbocycles. The minimum absolute atomic E-state index is 0.0500. The Bertz CT molecular complexity index is 1050. The van der Waals surface area contributed by atoms with E-state index in [-0.39, 0.29) is 28.8 Å². The van der Waals surface area contributed by atoms with Crippen molar-refractivity contribution >= 4 is 5.97 Å². The third kappa shape index (κ3) is 2.87. The van der Waals surface area contributed by atoms with Crippen LogP contribution in [0.25, 0.3) is 0 Å². The Hall–Kier alpha value is -1.87. The average molecular weight is 447 g/mol. The molecule has 0 spiro atoms. The van der Waals surface area contributed by atoms with Gasteiger partial charge in [0.15, 0.2) is 0 Å². The molecule has 1 heterocycles. The predicted octanol–water partition coefficient (Wildman–Crippen LogP) is 6.54. The third-order valence-electron chi connectivity index (χ3n) is 10.6. The largest absolute Gasteiger partial charge is 0.430 e. The van der Waals surface area contributed by atoms with Crippen LogP contribution in [-0.2, 0) is 9.53 Å². The molecule has 6 rings (SSSR count). The van der Waals surface area contributed by atoms with E-state index in [1.54, 1.807) is 0 Å². The summed E-state index contributed by atoms with van der Waals surface area (Å²) in [5.41, 5.74) is 3.75. The molecule has 3 nitrogen and oxygen atoms in total. The SMILES string of the molecule is CC1(C)C(=O)OC2=C(C[C@@H]3[C@@H]4CC=C5C[C@@H](O)CC[C@]5(C)[C@H]4CC[C@]23C)[C@H]1c1ccccc1. The lowest BCUT2D eigenvalue weighted by molar-refractivity contribution is -0.155. The smallest absolute Gasteiger partial charge is 0.317 e. The number of carbonyl (C=O) groups is 1. The second kappa shape index (κ2) is 7.07. The van der Waals surface area contributed by atoms with E-state index in [1.165, 1.54) is 23.1 Å². The van der Waals surface area contributed by atoms with Gasteiger partial charge in [0.2, 0.25) is 0 Å². The summed E-state index contributed by atoms with van der Waals surface area (Å²) in [7, 11) is 0. The van der Waals surface area contributed by atoms with Crippen molar-refractivity contribution in [1.82, 2.24) is 0 Å². The quantitative estimate of drug-likeness (QED) is 0.393. The molecule has 2 fully saturated rings. The van der Waals surface area contributed by atoms with Gasteiger partial charge in [-0.15, -0.1) is 0 Å². The van der Waals surface area contributed by atoms with Crippen molar-refractivity contribution in [2.45, 2.75) is 84.7 Å². The highest BCUT2D eigenvalue weighted by Gasteiger charge is 2.62. The number of esters is 1. The molecule has 0 saturated heterocycles. The lowest BCUT2D eigenvalue weighted by Crippen LogP contribution is -2.50. The Kier molecular flexibility index (Phi) is 4.64. The first-order chi connectivity index (χ1) is 15.7. The molecular weight excluding hydrogens is 408 g/mol. The maximum Gasteiger partial charge on any atom is 0.317 e. The zero-order valence-electron chi connectivity index (χ0n) is 20.6. The van der Waals surface area contributed by atoms with Crippen molar-refractivity contribution in [2.24, 2.45) is 34.0 Å². The Labute approximate surface area is 198 Å². The summed E-state index contributed by atoms with van der Waals surface area (Å²) in [6, 6.07) is 10.6. The van der Waals surface area contributed by atoms with Gasteiger partial charge in [-0.3, -0.25) is 4.79 Å².